The summed E-state index contributed by atoms with van der Waals surface area (Å²) in [7, 11) is 1.46. The van der Waals surface area contributed by atoms with E-state index in [1.807, 2.05) is 38.1 Å². The van der Waals surface area contributed by atoms with Crippen LogP contribution in [-0.2, 0) is 30.9 Å². The van der Waals surface area contributed by atoms with E-state index in [0.29, 0.717) is 6.42 Å². The van der Waals surface area contributed by atoms with Crippen LogP contribution in [0.5, 0.6) is 0 Å². The lowest BCUT2D eigenvalue weighted by Gasteiger charge is -2.31. The van der Waals surface area contributed by atoms with Gasteiger partial charge in [0.15, 0.2) is 0 Å². The Kier molecular flexibility index (Phi) is 9.30. The Hall–Kier alpha value is -2.57. The van der Waals surface area contributed by atoms with Crippen molar-refractivity contribution in [2.75, 3.05) is 7.05 Å². The summed E-state index contributed by atoms with van der Waals surface area (Å²) in [6, 6.07) is 6.66. The van der Waals surface area contributed by atoms with Crippen LogP contribution in [0, 0.1) is 5.92 Å². The van der Waals surface area contributed by atoms with Gasteiger partial charge in [-0.15, -0.1) is 0 Å². The van der Waals surface area contributed by atoms with Crippen molar-refractivity contribution in [1.29, 1.82) is 0 Å². The topological polar surface area (TPSA) is 93.1 Å². The number of ether oxygens (including phenoxy) is 2. The molecule has 0 fully saturated rings. The molecule has 0 aromatic heterocycles. The molecule has 1 amide bonds. The maximum atomic E-state index is 12.9. The monoisotopic (exact) mass is 449 g/mol. The third-order valence-electron chi connectivity index (χ3n) is 4.89. The van der Waals surface area contributed by atoms with Gasteiger partial charge in [0, 0.05) is 13.5 Å². The van der Waals surface area contributed by atoms with Gasteiger partial charge in [-0.3, -0.25) is 4.90 Å². The largest absolute Gasteiger partial charge is 0.478 e. The molecule has 32 heavy (non-hydrogen) atoms. The number of carbonyl (C=O) groups is 3. The maximum Gasteiger partial charge on any atom is 0.410 e. The van der Waals surface area contributed by atoms with Crippen LogP contribution >= 0.6 is 0 Å². The van der Waals surface area contributed by atoms with E-state index < -0.39 is 35.8 Å². The van der Waals surface area contributed by atoms with E-state index >= 15 is 0 Å². The number of rotatable bonds is 8. The number of esters is 1. The molecule has 0 spiro atoms. The van der Waals surface area contributed by atoms with Gasteiger partial charge < -0.3 is 14.6 Å². The summed E-state index contributed by atoms with van der Waals surface area (Å²) in [6.07, 6.45) is -1.66. The van der Waals surface area contributed by atoms with Crippen molar-refractivity contribution in [3.8, 4) is 0 Å². The van der Waals surface area contributed by atoms with Crippen molar-refractivity contribution < 1.29 is 29.0 Å². The molecule has 0 saturated heterocycles. The second kappa shape index (κ2) is 10.8. The summed E-state index contributed by atoms with van der Waals surface area (Å²) in [5.74, 6) is -1.92. The van der Waals surface area contributed by atoms with Gasteiger partial charge in [0.25, 0.3) is 0 Å². The highest BCUT2D eigenvalue weighted by atomic mass is 16.6. The highest BCUT2D eigenvalue weighted by molar-refractivity contribution is 5.84. The van der Waals surface area contributed by atoms with E-state index in [1.54, 1.807) is 20.8 Å². The van der Waals surface area contributed by atoms with Gasteiger partial charge in [-0.05, 0) is 49.7 Å². The van der Waals surface area contributed by atoms with Crippen molar-refractivity contribution in [2.45, 2.75) is 91.4 Å². The number of nitrogens with zero attached hydrogens (tertiary/aromatic N) is 1. The average Bonchev–Trinajstić information content (AvgIpc) is 2.63. The Balaban J connectivity index is 3.00. The molecule has 0 bridgehead atoms. The van der Waals surface area contributed by atoms with E-state index in [4.69, 9.17) is 9.47 Å². The lowest BCUT2D eigenvalue weighted by molar-refractivity contribution is -0.167. The molecule has 2 atom stereocenters. The zero-order chi connectivity index (χ0) is 24.9. The fraction of sp³-hybridized carbons (Fsp3) is 0.640. The lowest BCUT2D eigenvalue weighted by atomic mass is 9.86. The third kappa shape index (κ3) is 8.89. The van der Waals surface area contributed by atoms with E-state index in [-0.39, 0.29) is 17.8 Å². The standard InChI is InChI=1S/C25H39NO6/c1-16(2)14-19(26(9)23(30)32-25(6,7)8)22(29)31-20(21(27)28)15-17-10-12-18(13-11-17)24(3,4)5/h10-13,16,19-20H,14-15H2,1-9H3,(H,27,28). The molecule has 1 N–H and O–H groups in total. The first-order valence-electron chi connectivity index (χ1n) is 11.0. The Labute approximate surface area is 192 Å². The molecule has 1 aromatic rings. The fourth-order valence-electron chi connectivity index (χ4n) is 3.07. The molecule has 180 valence electrons. The van der Waals surface area contributed by atoms with E-state index in [0.717, 1.165) is 11.1 Å². The van der Waals surface area contributed by atoms with Crippen molar-refractivity contribution in [3.05, 3.63) is 35.4 Å². The van der Waals surface area contributed by atoms with E-state index in [1.165, 1.54) is 11.9 Å². The molecule has 0 aliphatic rings. The first kappa shape index (κ1) is 27.5. The summed E-state index contributed by atoms with van der Waals surface area (Å²) in [6.45, 7) is 15.3. The summed E-state index contributed by atoms with van der Waals surface area (Å²) >= 11 is 0. The Morgan fingerprint density at radius 1 is 1.00 bits per heavy atom. The average molecular weight is 450 g/mol. The molecule has 0 aliphatic heterocycles. The SMILES string of the molecule is CC(C)CC(C(=O)OC(Cc1ccc(C(C)(C)C)cc1)C(=O)O)N(C)C(=O)OC(C)(C)C. The Morgan fingerprint density at radius 2 is 1.53 bits per heavy atom. The van der Waals surface area contributed by atoms with Crippen molar-refractivity contribution in [1.82, 2.24) is 4.90 Å². The van der Waals surface area contributed by atoms with Crippen molar-refractivity contribution in [2.24, 2.45) is 5.92 Å². The number of aliphatic carboxylic acids is 1. The normalized spacial score (nSPS) is 13.9. The molecule has 0 saturated carbocycles. The van der Waals surface area contributed by atoms with Crippen LogP contribution in [0.1, 0.15) is 72.9 Å². The first-order valence-corrected chi connectivity index (χ1v) is 11.0. The number of amides is 1. The molecule has 7 heteroatoms. The number of carboxylic acid groups (broad SMARTS) is 1. The molecule has 1 aromatic carbocycles. The van der Waals surface area contributed by atoms with Gasteiger partial charge in [-0.1, -0.05) is 58.9 Å². The Bertz CT molecular complexity index is 786. The minimum atomic E-state index is -1.36. The van der Waals surface area contributed by atoms with Crippen LogP contribution in [0.4, 0.5) is 4.79 Å². The van der Waals surface area contributed by atoms with Gasteiger partial charge in [0.1, 0.15) is 11.6 Å². The first-order chi connectivity index (χ1) is 14.5. The predicted octanol–water partition coefficient (Wildman–Crippen LogP) is 4.80. The molecule has 1 rings (SSSR count). The Morgan fingerprint density at radius 3 is 1.94 bits per heavy atom. The number of carbonyl (C=O) groups excluding carboxylic acids is 2. The lowest BCUT2D eigenvalue weighted by Crippen LogP contribution is -2.47. The molecule has 2 unspecified atom stereocenters. The third-order valence-corrected chi connectivity index (χ3v) is 4.89. The quantitative estimate of drug-likeness (QED) is 0.573. The number of carboxylic acids is 1. The van der Waals surface area contributed by atoms with Crippen LogP contribution in [0.25, 0.3) is 0 Å². The zero-order valence-corrected chi connectivity index (χ0v) is 20.9. The number of hydrogen-bond acceptors (Lipinski definition) is 5. The van der Waals surface area contributed by atoms with E-state index in [2.05, 4.69) is 20.8 Å². The van der Waals surface area contributed by atoms with Gasteiger partial charge in [0.2, 0.25) is 6.10 Å². The predicted molar refractivity (Wildman–Crippen MR) is 124 cm³/mol. The van der Waals surface area contributed by atoms with Gasteiger partial charge >= 0.3 is 18.0 Å². The minimum Gasteiger partial charge on any atom is -0.478 e. The minimum absolute atomic E-state index is 0.0203. The van der Waals surface area contributed by atoms with Gasteiger partial charge in [-0.2, -0.15) is 0 Å². The highest BCUT2D eigenvalue weighted by Crippen LogP contribution is 2.23. The molecular weight excluding hydrogens is 410 g/mol. The number of likely N-dealkylation sites (N-methyl/N-ethyl adjacent to an activating group) is 1. The molecular formula is C25H39NO6. The molecule has 0 radical (unpaired) electrons. The maximum absolute atomic E-state index is 12.9. The van der Waals surface area contributed by atoms with E-state index in [9.17, 15) is 19.5 Å². The van der Waals surface area contributed by atoms with Gasteiger partial charge in [-0.25, -0.2) is 14.4 Å². The molecule has 0 heterocycles. The number of hydrogen-bond donors (Lipinski definition) is 1. The smallest absolute Gasteiger partial charge is 0.410 e. The van der Waals surface area contributed by atoms with Crippen LogP contribution in [0.2, 0.25) is 0 Å². The van der Waals surface area contributed by atoms with Crippen molar-refractivity contribution >= 4 is 18.0 Å². The van der Waals surface area contributed by atoms with Crippen LogP contribution < -0.4 is 0 Å². The van der Waals surface area contributed by atoms with Crippen molar-refractivity contribution in [3.63, 3.8) is 0 Å². The van der Waals surface area contributed by atoms with Crippen LogP contribution in [0.3, 0.4) is 0 Å². The van der Waals surface area contributed by atoms with Crippen LogP contribution in [-0.4, -0.2) is 52.8 Å². The number of benzene rings is 1. The fourth-order valence-corrected chi connectivity index (χ4v) is 3.07. The molecule has 0 aliphatic carbocycles. The molecule has 7 nitrogen and oxygen atoms in total. The second-order valence-corrected chi connectivity index (χ2v) is 10.7. The summed E-state index contributed by atoms with van der Waals surface area (Å²) in [5.41, 5.74) is 1.13. The summed E-state index contributed by atoms with van der Waals surface area (Å²) < 4.78 is 10.8. The summed E-state index contributed by atoms with van der Waals surface area (Å²) in [4.78, 5) is 38.4. The summed E-state index contributed by atoms with van der Waals surface area (Å²) in [5, 5.41) is 9.65. The zero-order valence-electron chi connectivity index (χ0n) is 20.9. The second-order valence-electron chi connectivity index (χ2n) is 10.7. The van der Waals surface area contributed by atoms with Gasteiger partial charge in [0.05, 0.1) is 0 Å². The van der Waals surface area contributed by atoms with Crippen LogP contribution in [0.15, 0.2) is 24.3 Å². The highest BCUT2D eigenvalue weighted by Gasteiger charge is 2.34.